The summed E-state index contributed by atoms with van der Waals surface area (Å²) in [5.41, 5.74) is 3.32. The lowest BCUT2D eigenvalue weighted by Crippen LogP contribution is -2.28. The Kier molecular flexibility index (Phi) is 6.58. The lowest BCUT2D eigenvalue weighted by Gasteiger charge is -2.12. The quantitative estimate of drug-likeness (QED) is 0.613. The van der Waals surface area contributed by atoms with E-state index in [0.29, 0.717) is 34.5 Å². The van der Waals surface area contributed by atoms with Gasteiger partial charge in [-0.25, -0.2) is 4.79 Å². The van der Waals surface area contributed by atoms with Crippen LogP contribution in [-0.2, 0) is 11.3 Å². The zero-order valence-corrected chi connectivity index (χ0v) is 15.1. The molecule has 0 aliphatic rings. The number of hydrogen-bond donors (Lipinski definition) is 2. The fourth-order valence-electron chi connectivity index (χ4n) is 2.15. The van der Waals surface area contributed by atoms with Crippen molar-refractivity contribution in [2.24, 2.45) is 0 Å². The van der Waals surface area contributed by atoms with Crippen molar-refractivity contribution >= 4 is 40.6 Å². The van der Waals surface area contributed by atoms with Crippen molar-refractivity contribution in [1.29, 1.82) is 0 Å². The minimum atomic E-state index is -0.454. The lowest BCUT2D eigenvalue weighted by molar-refractivity contribution is 0.0526. The first-order valence-electron chi connectivity index (χ1n) is 7.56. The zero-order valence-electron chi connectivity index (χ0n) is 13.6. The van der Waals surface area contributed by atoms with Crippen molar-refractivity contribution in [1.82, 2.24) is 5.32 Å². The van der Waals surface area contributed by atoms with Gasteiger partial charge in [0.15, 0.2) is 5.11 Å². The number of esters is 1. The summed E-state index contributed by atoms with van der Waals surface area (Å²) in [6.45, 7) is 4.71. The third-order valence-electron chi connectivity index (χ3n) is 3.26. The minimum absolute atomic E-state index is 0.295. The van der Waals surface area contributed by atoms with E-state index in [9.17, 15) is 4.79 Å². The second-order valence-corrected chi connectivity index (χ2v) is 6.03. The summed E-state index contributed by atoms with van der Waals surface area (Å²) in [6, 6.07) is 13.2. The van der Waals surface area contributed by atoms with Gasteiger partial charge < -0.3 is 15.4 Å². The van der Waals surface area contributed by atoms with E-state index in [0.717, 1.165) is 5.56 Å². The molecule has 0 atom stereocenters. The maximum Gasteiger partial charge on any atom is 0.339 e. The van der Waals surface area contributed by atoms with Gasteiger partial charge in [-0.15, -0.1) is 0 Å². The van der Waals surface area contributed by atoms with Crippen molar-refractivity contribution in [2.45, 2.75) is 20.4 Å². The van der Waals surface area contributed by atoms with Gasteiger partial charge in [0, 0.05) is 12.2 Å². The highest BCUT2D eigenvalue weighted by Crippen LogP contribution is 2.21. The van der Waals surface area contributed by atoms with Crippen molar-refractivity contribution in [3.8, 4) is 0 Å². The van der Waals surface area contributed by atoms with Crippen molar-refractivity contribution in [3.05, 3.63) is 64.2 Å². The van der Waals surface area contributed by atoms with Crippen LogP contribution in [0.25, 0.3) is 0 Å². The van der Waals surface area contributed by atoms with Crippen molar-refractivity contribution in [3.63, 3.8) is 0 Å². The molecule has 0 radical (unpaired) electrons. The van der Waals surface area contributed by atoms with Crippen LogP contribution in [0.5, 0.6) is 0 Å². The van der Waals surface area contributed by atoms with Gasteiger partial charge in [-0.1, -0.05) is 41.4 Å². The van der Waals surface area contributed by atoms with Crippen LogP contribution in [-0.4, -0.2) is 17.7 Å². The van der Waals surface area contributed by atoms with E-state index in [2.05, 4.69) is 16.7 Å². The monoisotopic (exact) mass is 362 g/mol. The highest BCUT2D eigenvalue weighted by Gasteiger charge is 2.12. The predicted octanol–water partition coefficient (Wildman–Crippen LogP) is 4.31. The van der Waals surface area contributed by atoms with Crippen LogP contribution in [0.15, 0.2) is 42.5 Å². The van der Waals surface area contributed by atoms with Gasteiger partial charge in [0.25, 0.3) is 0 Å². The molecule has 6 heteroatoms. The third kappa shape index (κ3) is 5.22. The number of thiocarbonyl (C=S) groups is 1. The predicted molar refractivity (Wildman–Crippen MR) is 102 cm³/mol. The molecule has 2 rings (SSSR count). The Morgan fingerprint density at radius 1 is 1.25 bits per heavy atom. The van der Waals surface area contributed by atoms with Gasteiger partial charge >= 0.3 is 5.97 Å². The SMILES string of the molecule is CCOC(=O)c1cc(NC(=S)NCc2cccc(C)c2)ccc1Cl. The molecule has 0 saturated carbocycles. The third-order valence-corrected chi connectivity index (χ3v) is 3.83. The van der Waals surface area contributed by atoms with Gasteiger partial charge in [-0.05, 0) is 49.8 Å². The lowest BCUT2D eigenvalue weighted by atomic mass is 10.1. The molecule has 4 nitrogen and oxygen atoms in total. The Morgan fingerprint density at radius 2 is 2.04 bits per heavy atom. The second kappa shape index (κ2) is 8.66. The number of carbonyl (C=O) groups excluding carboxylic acids is 1. The fraction of sp³-hybridized carbons (Fsp3) is 0.222. The average Bonchev–Trinajstić information content (AvgIpc) is 2.55. The first-order chi connectivity index (χ1) is 11.5. The number of rotatable bonds is 5. The maximum absolute atomic E-state index is 11.9. The van der Waals surface area contributed by atoms with E-state index < -0.39 is 5.97 Å². The van der Waals surface area contributed by atoms with Gasteiger partial charge in [0.1, 0.15) is 0 Å². The first-order valence-corrected chi connectivity index (χ1v) is 8.35. The highest BCUT2D eigenvalue weighted by molar-refractivity contribution is 7.80. The number of nitrogens with one attached hydrogen (secondary N) is 2. The van der Waals surface area contributed by atoms with Crippen molar-refractivity contribution < 1.29 is 9.53 Å². The Morgan fingerprint density at radius 3 is 2.75 bits per heavy atom. The van der Waals surface area contributed by atoms with Crippen LogP contribution in [0.4, 0.5) is 5.69 Å². The van der Waals surface area contributed by atoms with E-state index in [1.54, 1.807) is 25.1 Å². The van der Waals surface area contributed by atoms with Crippen LogP contribution in [0, 0.1) is 6.92 Å². The molecule has 0 bridgehead atoms. The molecule has 0 spiro atoms. The van der Waals surface area contributed by atoms with Gasteiger partial charge in [0.05, 0.1) is 17.2 Å². The Bertz CT molecular complexity index is 750. The summed E-state index contributed by atoms with van der Waals surface area (Å²) < 4.78 is 4.99. The maximum atomic E-state index is 11.9. The summed E-state index contributed by atoms with van der Waals surface area (Å²) in [5.74, 6) is -0.454. The van der Waals surface area contributed by atoms with Gasteiger partial charge in [-0.2, -0.15) is 0 Å². The summed E-state index contributed by atoms with van der Waals surface area (Å²) in [7, 11) is 0. The summed E-state index contributed by atoms with van der Waals surface area (Å²) in [5, 5.41) is 6.99. The highest BCUT2D eigenvalue weighted by atomic mass is 35.5. The standard InChI is InChI=1S/C18H19ClN2O2S/c1-3-23-17(22)15-10-14(7-8-16(15)19)21-18(24)20-11-13-6-4-5-12(2)9-13/h4-10H,3,11H2,1-2H3,(H2,20,21,24). The number of aryl methyl sites for hydroxylation is 1. The molecular weight excluding hydrogens is 344 g/mol. The molecule has 0 aliphatic heterocycles. The Labute approximate surface area is 152 Å². The summed E-state index contributed by atoms with van der Waals surface area (Å²) in [6.07, 6.45) is 0. The van der Waals surface area contributed by atoms with E-state index in [1.807, 2.05) is 25.1 Å². The number of hydrogen-bond acceptors (Lipinski definition) is 3. The largest absolute Gasteiger partial charge is 0.462 e. The number of anilines is 1. The van der Waals surface area contributed by atoms with Crippen molar-refractivity contribution in [2.75, 3.05) is 11.9 Å². The molecule has 2 N–H and O–H groups in total. The molecule has 0 saturated heterocycles. The van der Waals surface area contributed by atoms with E-state index in [-0.39, 0.29) is 0 Å². The van der Waals surface area contributed by atoms with E-state index in [1.165, 1.54) is 5.56 Å². The fourth-order valence-corrected chi connectivity index (χ4v) is 2.53. The minimum Gasteiger partial charge on any atom is -0.462 e. The van der Waals surface area contributed by atoms with E-state index >= 15 is 0 Å². The molecular formula is C18H19ClN2O2S. The average molecular weight is 363 g/mol. The van der Waals surface area contributed by atoms with Crippen LogP contribution >= 0.6 is 23.8 Å². The smallest absolute Gasteiger partial charge is 0.339 e. The molecule has 0 aromatic heterocycles. The van der Waals surface area contributed by atoms with Crippen LogP contribution in [0.1, 0.15) is 28.4 Å². The van der Waals surface area contributed by atoms with Crippen LogP contribution in [0.3, 0.4) is 0 Å². The molecule has 0 heterocycles. The molecule has 2 aromatic carbocycles. The molecule has 0 fully saturated rings. The molecule has 126 valence electrons. The Hall–Kier alpha value is -2.11. The normalized spacial score (nSPS) is 10.1. The summed E-state index contributed by atoms with van der Waals surface area (Å²) in [4.78, 5) is 11.9. The Balaban J connectivity index is 1.98. The first kappa shape index (κ1) is 18.2. The molecule has 0 unspecified atom stereocenters. The van der Waals surface area contributed by atoms with Gasteiger partial charge in [-0.3, -0.25) is 0 Å². The zero-order chi connectivity index (χ0) is 17.5. The molecule has 2 aromatic rings. The number of halogens is 1. The second-order valence-electron chi connectivity index (χ2n) is 5.21. The number of carbonyl (C=O) groups is 1. The van der Waals surface area contributed by atoms with E-state index in [4.69, 9.17) is 28.6 Å². The van der Waals surface area contributed by atoms with Crippen LogP contribution in [0.2, 0.25) is 5.02 Å². The number of benzene rings is 2. The molecule has 0 aliphatic carbocycles. The summed E-state index contributed by atoms with van der Waals surface area (Å²) >= 11 is 11.3. The van der Waals surface area contributed by atoms with Gasteiger partial charge in [0.2, 0.25) is 0 Å². The topological polar surface area (TPSA) is 50.4 Å². The molecule has 0 amide bonds. The van der Waals surface area contributed by atoms with Crippen LogP contribution < -0.4 is 10.6 Å². The molecule has 24 heavy (non-hydrogen) atoms. The number of ether oxygens (including phenoxy) is 1.